The lowest BCUT2D eigenvalue weighted by atomic mass is 9.97. The van der Waals surface area contributed by atoms with Gasteiger partial charge in [-0.1, -0.05) is 18.2 Å². The topological polar surface area (TPSA) is 29.5 Å². The Morgan fingerprint density at radius 3 is 2.92 bits per heavy atom. The second-order valence-corrected chi connectivity index (χ2v) is 3.51. The van der Waals surface area contributed by atoms with Gasteiger partial charge in [-0.3, -0.25) is 0 Å². The van der Waals surface area contributed by atoms with Crippen molar-refractivity contribution in [2.75, 3.05) is 6.61 Å². The van der Waals surface area contributed by atoms with Crippen molar-refractivity contribution in [3.05, 3.63) is 29.3 Å². The fourth-order valence-electron chi connectivity index (χ4n) is 1.56. The van der Waals surface area contributed by atoms with Gasteiger partial charge in [0.25, 0.3) is 0 Å². The minimum absolute atomic E-state index is 0.368. The van der Waals surface area contributed by atoms with Crippen molar-refractivity contribution < 1.29 is 9.84 Å². The lowest BCUT2D eigenvalue weighted by Crippen LogP contribution is -2.22. The second kappa shape index (κ2) is 2.23. The van der Waals surface area contributed by atoms with Crippen LogP contribution in [0.3, 0.4) is 0 Å². The van der Waals surface area contributed by atoms with Gasteiger partial charge in [-0.05, 0) is 19.4 Å². The fourth-order valence-corrected chi connectivity index (χ4v) is 1.56. The van der Waals surface area contributed by atoms with Gasteiger partial charge in [-0.15, -0.1) is 0 Å². The highest BCUT2D eigenvalue weighted by atomic mass is 16.5. The Morgan fingerprint density at radius 1 is 1.50 bits per heavy atom. The van der Waals surface area contributed by atoms with Crippen molar-refractivity contribution in [3.8, 4) is 5.75 Å². The fraction of sp³-hybridized carbons (Fsp3) is 0.400. The third-order valence-electron chi connectivity index (χ3n) is 2.29. The predicted molar refractivity (Wildman–Crippen MR) is 46.2 cm³/mol. The van der Waals surface area contributed by atoms with Gasteiger partial charge >= 0.3 is 0 Å². The Labute approximate surface area is 71.8 Å². The molecule has 1 aromatic rings. The largest absolute Gasteiger partial charge is 0.490 e. The summed E-state index contributed by atoms with van der Waals surface area (Å²) in [4.78, 5) is 0. The molecule has 0 fully saturated rings. The number of fused-ring (bicyclic) bond motifs is 1. The molecule has 2 nitrogen and oxygen atoms in total. The summed E-state index contributed by atoms with van der Waals surface area (Å²) < 4.78 is 5.39. The van der Waals surface area contributed by atoms with Crippen LogP contribution in [0.2, 0.25) is 0 Å². The van der Waals surface area contributed by atoms with Crippen LogP contribution < -0.4 is 4.74 Å². The number of aliphatic hydroxyl groups is 1. The molecule has 1 atom stereocenters. The molecule has 1 aromatic carbocycles. The van der Waals surface area contributed by atoms with Gasteiger partial charge in [0, 0.05) is 5.56 Å². The van der Waals surface area contributed by atoms with Gasteiger partial charge in [0.2, 0.25) is 0 Å². The number of aryl methyl sites for hydroxylation is 1. The highest BCUT2D eigenvalue weighted by Gasteiger charge is 2.34. The van der Waals surface area contributed by atoms with Gasteiger partial charge in [-0.25, -0.2) is 0 Å². The molecule has 1 aliphatic rings. The third-order valence-corrected chi connectivity index (χ3v) is 2.29. The average molecular weight is 164 g/mol. The summed E-state index contributed by atoms with van der Waals surface area (Å²) in [6, 6.07) is 5.84. The number of hydrogen-bond acceptors (Lipinski definition) is 2. The standard InChI is InChI=1S/C10H12O2/c1-7-4-3-5-8-9(7)12-6-10(8,2)11/h3-5,11H,6H2,1-2H3. The number of benzene rings is 1. The first-order valence-corrected chi connectivity index (χ1v) is 4.06. The van der Waals surface area contributed by atoms with Gasteiger partial charge in [0.1, 0.15) is 18.0 Å². The maximum atomic E-state index is 9.85. The van der Waals surface area contributed by atoms with Crippen molar-refractivity contribution in [1.82, 2.24) is 0 Å². The van der Waals surface area contributed by atoms with Crippen LogP contribution in [0, 0.1) is 6.92 Å². The van der Waals surface area contributed by atoms with Crippen molar-refractivity contribution in [1.29, 1.82) is 0 Å². The highest BCUT2D eigenvalue weighted by molar-refractivity contribution is 5.46. The van der Waals surface area contributed by atoms with Gasteiger partial charge in [0.05, 0.1) is 0 Å². The zero-order valence-corrected chi connectivity index (χ0v) is 7.29. The van der Waals surface area contributed by atoms with Gasteiger partial charge in [0.15, 0.2) is 0 Å². The van der Waals surface area contributed by atoms with Crippen LogP contribution in [0.1, 0.15) is 18.1 Å². The summed E-state index contributed by atoms with van der Waals surface area (Å²) in [6.07, 6.45) is 0. The van der Waals surface area contributed by atoms with Crippen molar-refractivity contribution in [2.24, 2.45) is 0 Å². The maximum Gasteiger partial charge on any atom is 0.128 e. The molecule has 1 aliphatic heterocycles. The Kier molecular flexibility index (Phi) is 1.42. The van der Waals surface area contributed by atoms with E-state index in [0.29, 0.717) is 6.61 Å². The second-order valence-electron chi connectivity index (χ2n) is 3.51. The van der Waals surface area contributed by atoms with E-state index < -0.39 is 5.60 Å². The van der Waals surface area contributed by atoms with Crippen molar-refractivity contribution in [3.63, 3.8) is 0 Å². The first kappa shape index (κ1) is 7.62. The van der Waals surface area contributed by atoms with Gasteiger partial charge < -0.3 is 9.84 Å². The number of ether oxygens (including phenoxy) is 1. The van der Waals surface area contributed by atoms with Crippen LogP contribution in [-0.2, 0) is 5.60 Å². The Hall–Kier alpha value is -1.02. The Morgan fingerprint density at radius 2 is 2.25 bits per heavy atom. The molecule has 64 valence electrons. The molecule has 0 radical (unpaired) electrons. The lowest BCUT2D eigenvalue weighted by molar-refractivity contribution is 0.0349. The first-order chi connectivity index (χ1) is 5.61. The molecular formula is C10H12O2. The molecule has 0 aliphatic carbocycles. The summed E-state index contributed by atoms with van der Waals surface area (Å²) in [5.41, 5.74) is 1.19. The van der Waals surface area contributed by atoms with Crippen LogP contribution in [0.5, 0.6) is 5.75 Å². The minimum atomic E-state index is -0.804. The van der Waals surface area contributed by atoms with E-state index in [4.69, 9.17) is 4.74 Å². The highest BCUT2D eigenvalue weighted by Crippen LogP contribution is 2.38. The minimum Gasteiger partial charge on any atom is -0.490 e. The molecular weight excluding hydrogens is 152 g/mol. The van der Waals surface area contributed by atoms with Crippen molar-refractivity contribution >= 4 is 0 Å². The maximum absolute atomic E-state index is 9.85. The van der Waals surface area contributed by atoms with Crippen molar-refractivity contribution in [2.45, 2.75) is 19.4 Å². The average Bonchev–Trinajstić information content (AvgIpc) is 2.30. The molecule has 0 saturated heterocycles. The monoisotopic (exact) mass is 164 g/mol. The van der Waals surface area contributed by atoms with E-state index in [2.05, 4.69) is 0 Å². The summed E-state index contributed by atoms with van der Waals surface area (Å²) in [5.74, 6) is 0.850. The molecule has 1 N–H and O–H groups in total. The first-order valence-electron chi connectivity index (χ1n) is 4.06. The molecule has 0 bridgehead atoms. The normalized spacial score (nSPS) is 26.6. The zero-order valence-electron chi connectivity index (χ0n) is 7.29. The van der Waals surface area contributed by atoms with E-state index in [1.54, 1.807) is 6.92 Å². The number of para-hydroxylation sites is 1. The SMILES string of the molecule is Cc1cccc2c1OCC2(C)O. The van der Waals surface area contributed by atoms with Crippen LogP contribution >= 0.6 is 0 Å². The third kappa shape index (κ3) is 0.916. The van der Waals surface area contributed by atoms with Crippen LogP contribution in [-0.4, -0.2) is 11.7 Å². The summed E-state index contributed by atoms with van der Waals surface area (Å²) in [7, 11) is 0. The van der Waals surface area contributed by atoms with E-state index >= 15 is 0 Å². The Bertz CT molecular complexity index is 316. The molecule has 1 heterocycles. The molecule has 2 rings (SSSR count). The molecule has 0 amide bonds. The quantitative estimate of drug-likeness (QED) is 0.631. The van der Waals surface area contributed by atoms with Crippen LogP contribution in [0.25, 0.3) is 0 Å². The van der Waals surface area contributed by atoms with Gasteiger partial charge in [-0.2, -0.15) is 0 Å². The summed E-state index contributed by atoms with van der Waals surface area (Å²) in [6.45, 7) is 4.13. The number of hydrogen-bond donors (Lipinski definition) is 1. The molecule has 12 heavy (non-hydrogen) atoms. The Balaban J connectivity index is 2.61. The molecule has 0 spiro atoms. The molecule has 0 aromatic heterocycles. The predicted octanol–water partition coefficient (Wildman–Crippen LogP) is 1.59. The molecule has 2 heteroatoms. The van der Waals surface area contributed by atoms with E-state index in [1.807, 2.05) is 25.1 Å². The van der Waals surface area contributed by atoms with E-state index in [-0.39, 0.29) is 0 Å². The number of rotatable bonds is 0. The van der Waals surface area contributed by atoms with Crippen LogP contribution in [0.4, 0.5) is 0 Å². The summed E-state index contributed by atoms with van der Waals surface area (Å²) >= 11 is 0. The molecule has 0 saturated carbocycles. The zero-order chi connectivity index (χ0) is 8.77. The lowest BCUT2D eigenvalue weighted by Gasteiger charge is -2.13. The van der Waals surface area contributed by atoms with E-state index in [9.17, 15) is 5.11 Å². The van der Waals surface area contributed by atoms with Crippen LogP contribution in [0.15, 0.2) is 18.2 Å². The summed E-state index contributed by atoms with van der Waals surface area (Å²) in [5, 5.41) is 9.85. The van der Waals surface area contributed by atoms with E-state index in [0.717, 1.165) is 16.9 Å². The molecule has 1 unspecified atom stereocenters. The van der Waals surface area contributed by atoms with E-state index in [1.165, 1.54) is 0 Å². The smallest absolute Gasteiger partial charge is 0.128 e.